The first kappa shape index (κ1) is 19.0. The fraction of sp³-hybridized carbons (Fsp3) is 0.600. The summed E-state index contributed by atoms with van der Waals surface area (Å²) in [4.78, 5) is 15.6. The number of aromatic nitrogens is 1. The molecule has 0 aliphatic carbocycles. The average molecular weight is 300 g/mol. The van der Waals surface area contributed by atoms with E-state index in [1.807, 2.05) is 19.2 Å². The summed E-state index contributed by atoms with van der Waals surface area (Å²) in [7, 11) is 0. The van der Waals surface area contributed by atoms with Crippen LogP contribution in [-0.2, 0) is 11.2 Å². The Kier molecular flexibility index (Phi) is 10.8. The minimum absolute atomic E-state index is 0. The molecule has 1 atom stereocenters. The van der Waals surface area contributed by atoms with E-state index < -0.39 is 6.04 Å². The molecular weight excluding hydrogens is 281 g/mol. The molecule has 0 unspecified atom stereocenters. The molecule has 0 aromatic carbocycles. The van der Waals surface area contributed by atoms with Crippen LogP contribution in [0.4, 0.5) is 0 Å². The van der Waals surface area contributed by atoms with E-state index in [0.29, 0.717) is 6.54 Å². The molecule has 0 spiro atoms. The summed E-state index contributed by atoms with van der Waals surface area (Å²) in [5.74, 6) is 0.0893. The molecule has 1 aromatic heterocycles. The van der Waals surface area contributed by atoms with Gasteiger partial charge in [0.15, 0.2) is 0 Å². The summed E-state index contributed by atoms with van der Waals surface area (Å²) in [6.07, 6.45) is 2.54. The molecule has 3 N–H and O–H groups in total. The summed E-state index contributed by atoms with van der Waals surface area (Å²) in [5, 5.41) is 5.77. The number of hydrogen-bond acceptors (Lipinski definition) is 4. The van der Waals surface area contributed by atoms with Crippen LogP contribution in [0.25, 0.3) is 0 Å². The number of nitrogens with two attached hydrogens (primary N) is 1. The fourth-order valence-electron chi connectivity index (χ4n) is 1.09. The minimum Gasteiger partial charge on any atom is -0.354 e. The predicted octanol–water partition coefficient (Wildman–Crippen LogP) is 1.63. The van der Waals surface area contributed by atoms with E-state index in [4.69, 9.17) is 5.73 Å². The molecule has 0 saturated carbocycles. The van der Waals surface area contributed by atoms with E-state index in [9.17, 15) is 4.79 Å². The highest BCUT2D eigenvalue weighted by Crippen LogP contribution is 2.03. The normalized spacial score (nSPS) is 11.3. The Bertz CT molecular complexity index is 307. The first-order valence-electron chi connectivity index (χ1n) is 5.03. The molecule has 0 aliphatic heterocycles. The van der Waals surface area contributed by atoms with Gasteiger partial charge in [-0.2, -0.15) is 0 Å². The lowest BCUT2D eigenvalue weighted by Gasteiger charge is -2.14. The maximum atomic E-state index is 11.5. The topological polar surface area (TPSA) is 68.0 Å². The summed E-state index contributed by atoms with van der Waals surface area (Å²) in [6.45, 7) is 4.48. The van der Waals surface area contributed by atoms with Crippen molar-refractivity contribution in [1.82, 2.24) is 10.3 Å². The Morgan fingerprint density at radius 3 is 2.65 bits per heavy atom. The number of rotatable bonds is 5. The zero-order valence-corrected chi connectivity index (χ0v) is 12.3. The van der Waals surface area contributed by atoms with Crippen LogP contribution in [0.5, 0.6) is 0 Å². The number of hydrogen-bond donors (Lipinski definition) is 2. The van der Waals surface area contributed by atoms with Gasteiger partial charge in [-0.1, -0.05) is 13.8 Å². The first-order chi connectivity index (χ1) is 7.11. The summed E-state index contributed by atoms with van der Waals surface area (Å²) < 4.78 is 0. The van der Waals surface area contributed by atoms with Crippen LogP contribution in [0.15, 0.2) is 11.6 Å². The van der Waals surface area contributed by atoms with Crippen LogP contribution in [0.2, 0.25) is 0 Å². The van der Waals surface area contributed by atoms with Gasteiger partial charge in [0.25, 0.3) is 0 Å². The molecule has 1 rings (SSSR count). The van der Waals surface area contributed by atoms with Gasteiger partial charge in [0, 0.05) is 24.5 Å². The van der Waals surface area contributed by atoms with Crippen LogP contribution in [0.1, 0.15) is 18.9 Å². The van der Waals surface area contributed by atoms with Gasteiger partial charge in [0.05, 0.1) is 11.0 Å². The van der Waals surface area contributed by atoms with E-state index in [-0.39, 0.29) is 36.6 Å². The standard InChI is InChI=1S/C10H17N3OS.2ClH/c1-7(2)9(11)10(14)13-4-3-8-12-5-6-15-8;;/h5-7,9H,3-4,11H2,1-2H3,(H,13,14);2*1H/t9-;;/m1../s1. The Labute approximate surface area is 118 Å². The van der Waals surface area contributed by atoms with Gasteiger partial charge < -0.3 is 11.1 Å². The number of amides is 1. The zero-order chi connectivity index (χ0) is 11.3. The third-order valence-electron chi connectivity index (χ3n) is 2.14. The molecule has 0 fully saturated rings. The molecular formula is C10H19Cl2N3OS. The van der Waals surface area contributed by atoms with E-state index in [0.717, 1.165) is 11.4 Å². The van der Waals surface area contributed by atoms with Crippen molar-refractivity contribution < 1.29 is 4.79 Å². The highest BCUT2D eigenvalue weighted by atomic mass is 35.5. The van der Waals surface area contributed by atoms with Crippen molar-refractivity contribution in [2.75, 3.05) is 6.54 Å². The van der Waals surface area contributed by atoms with Gasteiger partial charge in [-0.25, -0.2) is 4.98 Å². The number of nitrogens with one attached hydrogen (secondary N) is 1. The quantitative estimate of drug-likeness (QED) is 0.868. The van der Waals surface area contributed by atoms with Crippen LogP contribution in [-0.4, -0.2) is 23.5 Å². The molecule has 4 nitrogen and oxygen atoms in total. The van der Waals surface area contributed by atoms with Crippen molar-refractivity contribution in [1.29, 1.82) is 0 Å². The SMILES string of the molecule is CC(C)[C@@H](N)C(=O)NCCc1nccs1.Cl.Cl. The second kappa shape index (κ2) is 9.65. The maximum Gasteiger partial charge on any atom is 0.237 e. The predicted molar refractivity (Wildman–Crippen MR) is 76.1 cm³/mol. The number of carbonyl (C=O) groups is 1. The smallest absolute Gasteiger partial charge is 0.237 e. The summed E-state index contributed by atoms with van der Waals surface area (Å²) >= 11 is 1.60. The van der Waals surface area contributed by atoms with Crippen molar-refractivity contribution in [2.24, 2.45) is 11.7 Å². The highest BCUT2D eigenvalue weighted by molar-refractivity contribution is 7.09. The number of carbonyl (C=O) groups excluding carboxylic acids is 1. The highest BCUT2D eigenvalue weighted by Gasteiger charge is 2.16. The lowest BCUT2D eigenvalue weighted by molar-refractivity contribution is -0.123. The molecule has 100 valence electrons. The molecule has 0 saturated heterocycles. The van der Waals surface area contributed by atoms with Crippen molar-refractivity contribution in [3.63, 3.8) is 0 Å². The van der Waals surface area contributed by atoms with Crippen LogP contribution in [0.3, 0.4) is 0 Å². The van der Waals surface area contributed by atoms with E-state index in [1.54, 1.807) is 17.5 Å². The second-order valence-corrected chi connectivity index (χ2v) is 4.72. The number of nitrogens with zero attached hydrogens (tertiary/aromatic N) is 1. The van der Waals surface area contributed by atoms with Gasteiger partial charge >= 0.3 is 0 Å². The van der Waals surface area contributed by atoms with Crippen molar-refractivity contribution in [3.05, 3.63) is 16.6 Å². The lowest BCUT2D eigenvalue weighted by atomic mass is 10.1. The van der Waals surface area contributed by atoms with Crippen molar-refractivity contribution in [2.45, 2.75) is 26.3 Å². The van der Waals surface area contributed by atoms with Crippen molar-refractivity contribution in [3.8, 4) is 0 Å². The monoisotopic (exact) mass is 299 g/mol. The molecule has 1 heterocycles. The Morgan fingerprint density at radius 1 is 1.53 bits per heavy atom. The molecule has 17 heavy (non-hydrogen) atoms. The van der Waals surface area contributed by atoms with Crippen LogP contribution >= 0.6 is 36.2 Å². The molecule has 7 heteroatoms. The van der Waals surface area contributed by atoms with E-state index in [1.165, 1.54) is 0 Å². The number of thiazole rings is 1. The second-order valence-electron chi connectivity index (χ2n) is 3.74. The zero-order valence-electron chi connectivity index (χ0n) is 9.88. The van der Waals surface area contributed by atoms with Gasteiger partial charge in [0.2, 0.25) is 5.91 Å². The Balaban J connectivity index is 0. The summed E-state index contributed by atoms with van der Waals surface area (Å²) in [5.41, 5.74) is 5.69. The molecule has 1 amide bonds. The Hall–Kier alpha value is -0.360. The Morgan fingerprint density at radius 2 is 2.18 bits per heavy atom. The molecule has 0 radical (unpaired) electrons. The van der Waals surface area contributed by atoms with Gasteiger partial charge in [0.1, 0.15) is 0 Å². The lowest BCUT2D eigenvalue weighted by Crippen LogP contribution is -2.44. The first-order valence-corrected chi connectivity index (χ1v) is 5.91. The van der Waals surface area contributed by atoms with Gasteiger partial charge in [-0.05, 0) is 5.92 Å². The van der Waals surface area contributed by atoms with Crippen LogP contribution in [0, 0.1) is 5.92 Å². The summed E-state index contributed by atoms with van der Waals surface area (Å²) in [6, 6.07) is -0.415. The number of halogens is 2. The molecule has 0 bridgehead atoms. The van der Waals surface area contributed by atoms with E-state index in [2.05, 4.69) is 10.3 Å². The maximum absolute atomic E-state index is 11.5. The third-order valence-corrected chi connectivity index (χ3v) is 2.98. The van der Waals surface area contributed by atoms with E-state index >= 15 is 0 Å². The molecule has 0 aliphatic rings. The van der Waals surface area contributed by atoms with Gasteiger partial charge in [-0.15, -0.1) is 36.2 Å². The average Bonchev–Trinajstić information content (AvgIpc) is 2.69. The van der Waals surface area contributed by atoms with Gasteiger partial charge in [-0.3, -0.25) is 4.79 Å². The van der Waals surface area contributed by atoms with Crippen molar-refractivity contribution >= 4 is 42.1 Å². The van der Waals surface area contributed by atoms with Crippen LogP contribution < -0.4 is 11.1 Å². The fourth-order valence-corrected chi connectivity index (χ4v) is 1.71. The molecule has 1 aromatic rings. The largest absolute Gasteiger partial charge is 0.354 e. The minimum atomic E-state index is -0.415. The third kappa shape index (κ3) is 6.83.